The van der Waals surface area contributed by atoms with Crippen molar-refractivity contribution in [2.75, 3.05) is 26.2 Å². The van der Waals surface area contributed by atoms with Gasteiger partial charge in [-0.2, -0.15) is 0 Å². The van der Waals surface area contributed by atoms with E-state index >= 15 is 0 Å². The van der Waals surface area contributed by atoms with Gasteiger partial charge in [0.15, 0.2) is 0 Å². The monoisotopic (exact) mass is 264 g/mol. The van der Waals surface area contributed by atoms with Gasteiger partial charge in [-0.3, -0.25) is 4.79 Å². The van der Waals surface area contributed by atoms with Crippen molar-refractivity contribution in [2.24, 2.45) is 11.3 Å². The molecule has 0 aromatic heterocycles. The Kier molecular flexibility index (Phi) is 2.85. The van der Waals surface area contributed by atoms with E-state index in [1.54, 1.807) is 0 Å². The zero-order chi connectivity index (χ0) is 12.9. The Labute approximate surface area is 114 Å². The first-order valence-corrected chi connectivity index (χ1v) is 7.91. The zero-order valence-corrected chi connectivity index (χ0v) is 11.6. The fourth-order valence-corrected chi connectivity index (χ4v) is 4.56. The zero-order valence-electron chi connectivity index (χ0n) is 11.6. The molecule has 3 unspecified atom stereocenters. The lowest BCUT2D eigenvalue weighted by Gasteiger charge is -2.40. The van der Waals surface area contributed by atoms with E-state index in [1.165, 1.54) is 25.7 Å². The largest absolute Gasteiger partial charge is 0.374 e. The molecule has 4 aliphatic rings. The number of rotatable bonds is 1. The highest BCUT2D eigenvalue weighted by atomic mass is 16.5. The molecule has 4 saturated heterocycles. The third kappa shape index (κ3) is 2.00. The normalized spacial score (nSPS) is 40.2. The lowest BCUT2D eigenvalue weighted by atomic mass is 9.77. The molecule has 2 bridgehead atoms. The summed E-state index contributed by atoms with van der Waals surface area (Å²) in [7, 11) is 0. The third-order valence-electron chi connectivity index (χ3n) is 5.89. The van der Waals surface area contributed by atoms with Crippen LogP contribution in [0.3, 0.4) is 0 Å². The van der Waals surface area contributed by atoms with Gasteiger partial charge in [0.1, 0.15) is 0 Å². The average molecular weight is 264 g/mol. The molecular formula is C15H24N2O2. The number of nitrogens with zero attached hydrogens (tertiary/aromatic N) is 1. The SMILES string of the molecule is O=C(C1CC2CCC1O2)N1CCC2(CCNC2)CC1. The van der Waals surface area contributed by atoms with E-state index in [9.17, 15) is 4.79 Å². The van der Waals surface area contributed by atoms with E-state index in [1.807, 2.05) is 0 Å². The average Bonchev–Trinajstić information content (AvgIpc) is 3.15. The fraction of sp³-hybridized carbons (Fsp3) is 0.933. The van der Waals surface area contributed by atoms with Gasteiger partial charge in [-0.15, -0.1) is 0 Å². The Morgan fingerprint density at radius 3 is 2.63 bits per heavy atom. The lowest BCUT2D eigenvalue weighted by molar-refractivity contribution is -0.139. The number of hydrogen-bond acceptors (Lipinski definition) is 3. The number of hydrogen-bond donors (Lipinski definition) is 1. The summed E-state index contributed by atoms with van der Waals surface area (Å²) in [4.78, 5) is 14.7. The van der Waals surface area contributed by atoms with Crippen LogP contribution in [-0.2, 0) is 9.53 Å². The van der Waals surface area contributed by atoms with Crippen molar-refractivity contribution in [1.29, 1.82) is 0 Å². The smallest absolute Gasteiger partial charge is 0.228 e. The molecule has 4 heterocycles. The highest BCUT2D eigenvalue weighted by Gasteiger charge is 2.47. The highest BCUT2D eigenvalue weighted by molar-refractivity contribution is 5.80. The molecule has 4 fully saturated rings. The first kappa shape index (κ1) is 12.2. The van der Waals surface area contributed by atoms with Crippen LogP contribution >= 0.6 is 0 Å². The summed E-state index contributed by atoms with van der Waals surface area (Å²) >= 11 is 0. The minimum absolute atomic E-state index is 0.175. The first-order chi connectivity index (χ1) is 9.26. The minimum Gasteiger partial charge on any atom is -0.374 e. The molecule has 0 aliphatic carbocycles. The van der Waals surface area contributed by atoms with Crippen LogP contribution in [0.4, 0.5) is 0 Å². The van der Waals surface area contributed by atoms with Crippen LogP contribution in [0.1, 0.15) is 38.5 Å². The highest BCUT2D eigenvalue weighted by Crippen LogP contribution is 2.41. The number of ether oxygens (including phenoxy) is 1. The van der Waals surface area contributed by atoms with E-state index in [4.69, 9.17) is 4.74 Å². The van der Waals surface area contributed by atoms with Crippen molar-refractivity contribution in [2.45, 2.75) is 50.7 Å². The molecule has 106 valence electrons. The quantitative estimate of drug-likeness (QED) is 0.772. The molecule has 0 radical (unpaired) electrons. The maximum atomic E-state index is 12.6. The van der Waals surface area contributed by atoms with Crippen LogP contribution in [-0.4, -0.2) is 49.2 Å². The molecule has 1 N–H and O–H groups in total. The molecule has 4 rings (SSSR count). The molecule has 3 atom stereocenters. The number of carbonyl (C=O) groups is 1. The second-order valence-electron chi connectivity index (χ2n) is 6.97. The summed E-state index contributed by atoms with van der Waals surface area (Å²) in [6, 6.07) is 0. The molecule has 0 aromatic rings. The Morgan fingerprint density at radius 2 is 2.05 bits per heavy atom. The molecule has 4 heteroatoms. The van der Waals surface area contributed by atoms with Crippen LogP contribution in [0, 0.1) is 11.3 Å². The first-order valence-electron chi connectivity index (χ1n) is 7.91. The van der Waals surface area contributed by atoms with Gasteiger partial charge in [0.25, 0.3) is 0 Å². The predicted octanol–water partition coefficient (Wildman–Crippen LogP) is 1.16. The maximum absolute atomic E-state index is 12.6. The van der Waals surface area contributed by atoms with Gasteiger partial charge >= 0.3 is 0 Å². The van der Waals surface area contributed by atoms with Gasteiger partial charge in [0.05, 0.1) is 18.1 Å². The van der Waals surface area contributed by atoms with Crippen molar-refractivity contribution in [3.05, 3.63) is 0 Å². The Hall–Kier alpha value is -0.610. The third-order valence-corrected chi connectivity index (χ3v) is 5.89. The number of carbonyl (C=O) groups excluding carboxylic acids is 1. The van der Waals surface area contributed by atoms with Crippen LogP contribution in [0.2, 0.25) is 0 Å². The molecule has 19 heavy (non-hydrogen) atoms. The van der Waals surface area contributed by atoms with Crippen molar-refractivity contribution in [3.8, 4) is 0 Å². The number of fused-ring (bicyclic) bond motifs is 2. The second-order valence-corrected chi connectivity index (χ2v) is 6.97. The summed E-state index contributed by atoms with van der Waals surface area (Å²) in [5, 5.41) is 3.48. The number of nitrogens with one attached hydrogen (secondary N) is 1. The van der Waals surface area contributed by atoms with Gasteiger partial charge in [0.2, 0.25) is 5.91 Å². The van der Waals surface area contributed by atoms with Crippen molar-refractivity contribution < 1.29 is 9.53 Å². The fourth-order valence-electron chi connectivity index (χ4n) is 4.56. The Morgan fingerprint density at radius 1 is 1.21 bits per heavy atom. The standard InChI is InChI=1S/C15H24N2O2/c18-14(12-9-11-1-2-13(12)19-11)17-7-4-15(5-8-17)3-6-16-10-15/h11-13,16H,1-10H2. The van der Waals surface area contributed by atoms with Gasteiger partial charge < -0.3 is 15.0 Å². The summed E-state index contributed by atoms with van der Waals surface area (Å²) in [6.45, 7) is 4.25. The summed E-state index contributed by atoms with van der Waals surface area (Å²) < 4.78 is 5.83. The van der Waals surface area contributed by atoms with Gasteiger partial charge in [0, 0.05) is 19.6 Å². The van der Waals surface area contributed by atoms with Crippen LogP contribution in [0.15, 0.2) is 0 Å². The van der Waals surface area contributed by atoms with Crippen molar-refractivity contribution in [1.82, 2.24) is 10.2 Å². The summed E-state index contributed by atoms with van der Waals surface area (Å²) in [5.74, 6) is 0.558. The molecule has 4 nitrogen and oxygen atoms in total. The number of likely N-dealkylation sites (tertiary alicyclic amines) is 1. The van der Waals surface area contributed by atoms with E-state index in [0.717, 1.165) is 39.0 Å². The Bertz CT molecular complexity index is 368. The van der Waals surface area contributed by atoms with Crippen molar-refractivity contribution >= 4 is 5.91 Å². The predicted molar refractivity (Wildman–Crippen MR) is 71.7 cm³/mol. The number of piperidine rings is 1. The van der Waals surface area contributed by atoms with Crippen LogP contribution < -0.4 is 5.32 Å². The Balaban J connectivity index is 1.37. The van der Waals surface area contributed by atoms with Crippen molar-refractivity contribution in [3.63, 3.8) is 0 Å². The topological polar surface area (TPSA) is 41.6 Å². The lowest BCUT2D eigenvalue weighted by Crippen LogP contribution is -2.47. The van der Waals surface area contributed by atoms with Gasteiger partial charge in [-0.1, -0.05) is 0 Å². The molecule has 4 aliphatic heterocycles. The molecule has 0 saturated carbocycles. The van der Waals surface area contributed by atoms with Crippen LogP contribution in [0.25, 0.3) is 0 Å². The van der Waals surface area contributed by atoms with Crippen LogP contribution in [0.5, 0.6) is 0 Å². The molecule has 1 amide bonds. The molecular weight excluding hydrogens is 240 g/mol. The minimum atomic E-state index is 0.175. The van der Waals surface area contributed by atoms with E-state index in [0.29, 0.717) is 17.4 Å². The second kappa shape index (κ2) is 4.45. The van der Waals surface area contributed by atoms with Gasteiger partial charge in [-0.25, -0.2) is 0 Å². The van der Waals surface area contributed by atoms with E-state index < -0.39 is 0 Å². The van der Waals surface area contributed by atoms with Gasteiger partial charge in [-0.05, 0) is 50.5 Å². The van der Waals surface area contributed by atoms with E-state index in [2.05, 4.69) is 10.2 Å². The molecule has 0 aromatic carbocycles. The number of amides is 1. The van der Waals surface area contributed by atoms with E-state index in [-0.39, 0.29) is 12.0 Å². The maximum Gasteiger partial charge on any atom is 0.228 e. The molecule has 1 spiro atoms. The summed E-state index contributed by atoms with van der Waals surface area (Å²) in [5.41, 5.74) is 0.502. The summed E-state index contributed by atoms with van der Waals surface area (Å²) in [6.07, 6.45) is 7.54.